The highest BCUT2D eigenvalue weighted by atomic mass is 14.9. The molecule has 94 valence electrons. The van der Waals surface area contributed by atoms with Gasteiger partial charge in [0.05, 0.1) is 0 Å². The van der Waals surface area contributed by atoms with E-state index in [1.165, 1.54) is 43.2 Å². The molecule has 0 bridgehead atoms. The quantitative estimate of drug-likeness (QED) is 0.781. The zero-order valence-electron chi connectivity index (χ0n) is 11.0. The summed E-state index contributed by atoms with van der Waals surface area (Å²) >= 11 is 0. The van der Waals surface area contributed by atoms with Gasteiger partial charge in [-0.05, 0) is 55.9 Å². The summed E-state index contributed by atoms with van der Waals surface area (Å²) in [6.45, 7) is 4.53. The highest BCUT2D eigenvalue weighted by Gasteiger charge is 2.21. The Kier molecular flexibility index (Phi) is 4.06. The van der Waals surface area contributed by atoms with E-state index in [1.54, 1.807) is 0 Å². The van der Waals surface area contributed by atoms with Gasteiger partial charge in [0, 0.05) is 17.8 Å². The first-order valence-electron chi connectivity index (χ1n) is 6.85. The molecule has 2 heteroatoms. The molecule has 0 aromatic heterocycles. The van der Waals surface area contributed by atoms with Crippen LogP contribution in [0.5, 0.6) is 0 Å². The Morgan fingerprint density at radius 1 is 1.47 bits per heavy atom. The minimum atomic E-state index is 0.529. The number of aryl methyl sites for hydroxylation is 1. The molecule has 0 saturated carbocycles. The number of rotatable bonds is 4. The van der Waals surface area contributed by atoms with Crippen LogP contribution in [-0.2, 0) is 6.42 Å². The van der Waals surface area contributed by atoms with Crippen LogP contribution in [0.25, 0.3) is 0 Å². The average molecular weight is 232 g/mol. The fraction of sp³-hybridized carbons (Fsp3) is 0.600. The Bertz CT molecular complexity index is 373. The molecule has 2 atom stereocenters. The Morgan fingerprint density at radius 2 is 2.29 bits per heavy atom. The number of hydrogen-bond donors (Lipinski definition) is 2. The molecular formula is C15H24N2. The van der Waals surface area contributed by atoms with Crippen LogP contribution in [0.15, 0.2) is 18.2 Å². The fourth-order valence-electron chi connectivity index (χ4n) is 2.87. The molecule has 2 rings (SSSR count). The molecule has 1 aromatic rings. The van der Waals surface area contributed by atoms with Crippen molar-refractivity contribution in [2.75, 3.05) is 5.73 Å². The first kappa shape index (κ1) is 12.4. The zero-order chi connectivity index (χ0) is 12.3. The minimum Gasteiger partial charge on any atom is -0.399 e. The Labute approximate surface area is 105 Å². The van der Waals surface area contributed by atoms with Crippen LogP contribution in [0.3, 0.4) is 0 Å². The summed E-state index contributed by atoms with van der Waals surface area (Å²) < 4.78 is 0. The summed E-state index contributed by atoms with van der Waals surface area (Å²) in [7, 11) is 0. The number of anilines is 1. The molecule has 2 unspecified atom stereocenters. The number of benzene rings is 1. The van der Waals surface area contributed by atoms with E-state index in [4.69, 9.17) is 5.73 Å². The predicted molar refractivity (Wildman–Crippen MR) is 74.0 cm³/mol. The van der Waals surface area contributed by atoms with Gasteiger partial charge in [0.15, 0.2) is 0 Å². The van der Waals surface area contributed by atoms with Gasteiger partial charge in [-0.1, -0.05) is 19.4 Å². The third-order valence-corrected chi connectivity index (χ3v) is 3.69. The van der Waals surface area contributed by atoms with E-state index in [9.17, 15) is 0 Å². The average Bonchev–Trinajstić information content (AvgIpc) is 2.29. The third-order valence-electron chi connectivity index (χ3n) is 3.69. The monoisotopic (exact) mass is 232 g/mol. The molecule has 1 aromatic carbocycles. The van der Waals surface area contributed by atoms with Gasteiger partial charge in [0.25, 0.3) is 0 Å². The number of fused-ring (bicyclic) bond motifs is 1. The standard InChI is InChI=1S/C15H24N2/c1-3-5-11(2)17-15-7-4-6-12-10-13(16)8-9-14(12)15/h8-11,15,17H,3-7,16H2,1-2H3. The largest absolute Gasteiger partial charge is 0.399 e. The first-order valence-corrected chi connectivity index (χ1v) is 6.85. The molecule has 1 aliphatic carbocycles. The van der Waals surface area contributed by atoms with E-state index in [1.807, 2.05) is 6.07 Å². The van der Waals surface area contributed by atoms with E-state index in [2.05, 4.69) is 31.3 Å². The number of nitrogens with one attached hydrogen (secondary N) is 1. The second kappa shape index (κ2) is 5.54. The van der Waals surface area contributed by atoms with E-state index >= 15 is 0 Å². The SMILES string of the molecule is CCCC(C)NC1CCCc2cc(N)ccc21. The van der Waals surface area contributed by atoms with Crippen molar-refractivity contribution in [3.05, 3.63) is 29.3 Å². The maximum Gasteiger partial charge on any atom is 0.0325 e. The summed E-state index contributed by atoms with van der Waals surface area (Å²) in [6.07, 6.45) is 6.20. The summed E-state index contributed by atoms with van der Waals surface area (Å²) in [5.74, 6) is 0. The minimum absolute atomic E-state index is 0.529. The lowest BCUT2D eigenvalue weighted by molar-refractivity contribution is 0.393. The molecular weight excluding hydrogens is 208 g/mol. The lowest BCUT2D eigenvalue weighted by Gasteiger charge is -2.29. The van der Waals surface area contributed by atoms with Gasteiger partial charge < -0.3 is 11.1 Å². The van der Waals surface area contributed by atoms with Gasteiger partial charge in [0.2, 0.25) is 0 Å². The molecule has 0 aliphatic heterocycles. The lowest BCUT2D eigenvalue weighted by Crippen LogP contribution is -2.32. The van der Waals surface area contributed by atoms with E-state index in [0.717, 1.165) is 5.69 Å². The first-order chi connectivity index (χ1) is 8.20. The van der Waals surface area contributed by atoms with E-state index in [0.29, 0.717) is 12.1 Å². The Hall–Kier alpha value is -1.02. The zero-order valence-corrected chi connectivity index (χ0v) is 11.0. The lowest BCUT2D eigenvalue weighted by atomic mass is 9.87. The van der Waals surface area contributed by atoms with E-state index in [-0.39, 0.29) is 0 Å². The van der Waals surface area contributed by atoms with Crippen LogP contribution in [0.2, 0.25) is 0 Å². The Morgan fingerprint density at radius 3 is 3.06 bits per heavy atom. The molecule has 0 amide bonds. The summed E-state index contributed by atoms with van der Waals surface area (Å²) in [5, 5.41) is 3.75. The molecule has 0 fully saturated rings. The van der Waals surface area contributed by atoms with Crippen molar-refractivity contribution in [3.63, 3.8) is 0 Å². The molecule has 0 heterocycles. The fourth-order valence-corrected chi connectivity index (χ4v) is 2.87. The molecule has 0 spiro atoms. The van der Waals surface area contributed by atoms with Gasteiger partial charge in [-0.3, -0.25) is 0 Å². The van der Waals surface area contributed by atoms with Crippen molar-refractivity contribution in [1.82, 2.24) is 5.32 Å². The van der Waals surface area contributed by atoms with Crippen LogP contribution in [0, 0.1) is 0 Å². The number of nitrogens with two attached hydrogens (primary N) is 1. The van der Waals surface area contributed by atoms with Gasteiger partial charge in [-0.15, -0.1) is 0 Å². The van der Waals surface area contributed by atoms with Crippen LogP contribution >= 0.6 is 0 Å². The van der Waals surface area contributed by atoms with Crippen LogP contribution in [0.4, 0.5) is 5.69 Å². The van der Waals surface area contributed by atoms with Crippen LogP contribution in [0.1, 0.15) is 56.7 Å². The van der Waals surface area contributed by atoms with Crippen LogP contribution in [-0.4, -0.2) is 6.04 Å². The maximum absolute atomic E-state index is 5.86. The van der Waals surface area contributed by atoms with Crippen molar-refractivity contribution in [3.8, 4) is 0 Å². The summed E-state index contributed by atoms with van der Waals surface area (Å²) in [4.78, 5) is 0. The van der Waals surface area contributed by atoms with Crippen molar-refractivity contribution >= 4 is 5.69 Å². The van der Waals surface area contributed by atoms with Crippen LogP contribution < -0.4 is 11.1 Å². The summed E-state index contributed by atoms with van der Waals surface area (Å²) in [6, 6.07) is 7.52. The van der Waals surface area contributed by atoms with Crippen molar-refractivity contribution < 1.29 is 0 Å². The molecule has 2 nitrogen and oxygen atoms in total. The molecule has 1 aliphatic rings. The van der Waals surface area contributed by atoms with Gasteiger partial charge in [0.1, 0.15) is 0 Å². The smallest absolute Gasteiger partial charge is 0.0325 e. The normalized spacial score (nSPS) is 20.9. The highest BCUT2D eigenvalue weighted by molar-refractivity contribution is 5.46. The second-order valence-corrected chi connectivity index (χ2v) is 5.26. The van der Waals surface area contributed by atoms with E-state index < -0.39 is 0 Å². The van der Waals surface area contributed by atoms with Gasteiger partial charge in [-0.2, -0.15) is 0 Å². The molecule has 0 radical (unpaired) electrons. The Balaban J connectivity index is 2.11. The number of hydrogen-bond acceptors (Lipinski definition) is 2. The predicted octanol–water partition coefficient (Wildman–Crippen LogP) is 3.42. The van der Waals surface area contributed by atoms with Gasteiger partial charge in [-0.25, -0.2) is 0 Å². The molecule has 0 saturated heterocycles. The second-order valence-electron chi connectivity index (χ2n) is 5.26. The topological polar surface area (TPSA) is 38.0 Å². The molecule has 3 N–H and O–H groups in total. The highest BCUT2D eigenvalue weighted by Crippen LogP contribution is 2.31. The van der Waals surface area contributed by atoms with Crippen molar-refractivity contribution in [1.29, 1.82) is 0 Å². The third kappa shape index (κ3) is 3.01. The maximum atomic E-state index is 5.86. The van der Waals surface area contributed by atoms with Gasteiger partial charge >= 0.3 is 0 Å². The molecule has 17 heavy (non-hydrogen) atoms. The van der Waals surface area contributed by atoms with Crippen molar-refractivity contribution in [2.24, 2.45) is 0 Å². The summed E-state index contributed by atoms with van der Waals surface area (Å²) in [5.41, 5.74) is 9.66. The van der Waals surface area contributed by atoms with Crippen molar-refractivity contribution in [2.45, 2.75) is 58.0 Å². The number of nitrogen functional groups attached to an aromatic ring is 1.